The highest BCUT2D eigenvalue weighted by Crippen LogP contribution is 2.26. The van der Waals surface area contributed by atoms with E-state index in [2.05, 4.69) is 0 Å². The summed E-state index contributed by atoms with van der Waals surface area (Å²) in [6.07, 6.45) is 0. The van der Waals surface area contributed by atoms with Crippen LogP contribution in [-0.4, -0.2) is 38.1 Å². The number of amidine groups is 2. The van der Waals surface area contributed by atoms with E-state index in [1.807, 2.05) is 0 Å². The third-order valence-corrected chi connectivity index (χ3v) is 4.13. The third-order valence-electron chi connectivity index (χ3n) is 4.13. The number of ether oxygens (including phenoxy) is 3. The number of nitrogens with two attached hydrogens (primary N) is 4. The van der Waals surface area contributed by atoms with Gasteiger partial charge in [-0.05, 0) is 36.4 Å². The summed E-state index contributed by atoms with van der Waals surface area (Å²) in [6.45, 7) is 1.98. The summed E-state index contributed by atoms with van der Waals surface area (Å²) in [6, 6.07) is 10.5. The maximum Gasteiger partial charge on any atom is 0.128 e. The van der Waals surface area contributed by atoms with Gasteiger partial charge in [0, 0.05) is 35.3 Å². The van der Waals surface area contributed by atoms with Gasteiger partial charge in [0.25, 0.3) is 0 Å². The van der Waals surface area contributed by atoms with Gasteiger partial charge in [0.1, 0.15) is 36.4 Å². The molecule has 0 aliphatic heterocycles. The summed E-state index contributed by atoms with van der Waals surface area (Å²) in [5.41, 5.74) is 25.3. The number of rotatable bonds is 12. The molecule has 2 rings (SSSR count). The summed E-state index contributed by atoms with van der Waals surface area (Å²) >= 11 is 0. The zero-order valence-electron chi connectivity index (χ0n) is 16.2. The normalized spacial score (nSPS) is 10.6. The minimum absolute atomic E-state index is 0.0198. The molecule has 29 heavy (non-hydrogen) atoms. The van der Waals surface area contributed by atoms with Gasteiger partial charge < -0.3 is 37.1 Å². The maximum absolute atomic E-state index is 7.58. The molecule has 0 fully saturated rings. The van der Waals surface area contributed by atoms with E-state index < -0.39 is 0 Å². The number of benzene rings is 2. The van der Waals surface area contributed by atoms with Crippen LogP contribution in [0, 0.1) is 10.8 Å². The molecule has 2 aromatic rings. The van der Waals surface area contributed by atoms with Crippen molar-refractivity contribution in [2.24, 2.45) is 22.9 Å². The Kier molecular flexibility index (Phi) is 8.41. The van der Waals surface area contributed by atoms with Crippen molar-refractivity contribution in [1.29, 1.82) is 10.8 Å². The Hall–Kier alpha value is -3.14. The Morgan fingerprint density at radius 2 is 1.24 bits per heavy atom. The molecule has 0 aliphatic rings. The summed E-state index contributed by atoms with van der Waals surface area (Å²) in [7, 11) is 0. The zero-order chi connectivity index (χ0) is 21.2. The van der Waals surface area contributed by atoms with E-state index in [1.165, 1.54) is 0 Å². The van der Waals surface area contributed by atoms with Crippen molar-refractivity contribution in [3.05, 3.63) is 58.7 Å². The van der Waals surface area contributed by atoms with E-state index in [1.54, 1.807) is 36.4 Å². The van der Waals surface area contributed by atoms with Gasteiger partial charge in [-0.2, -0.15) is 0 Å². The fourth-order valence-electron chi connectivity index (χ4n) is 2.65. The Bertz CT molecular complexity index is 814. The van der Waals surface area contributed by atoms with Crippen LogP contribution < -0.4 is 32.4 Å². The molecule has 9 nitrogen and oxygen atoms in total. The van der Waals surface area contributed by atoms with Crippen molar-refractivity contribution in [2.45, 2.75) is 13.1 Å². The fourth-order valence-corrected chi connectivity index (χ4v) is 2.65. The number of nitrogen functional groups attached to an aromatic ring is 2. The van der Waals surface area contributed by atoms with Crippen LogP contribution in [0.15, 0.2) is 36.4 Å². The molecule has 0 amide bonds. The number of nitrogens with one attached hydrogen (secondary N) is 2. The second-order valence-corrected chi connectivity index (χ2v) is 6.19. The predicted molar refractivity (Wildman–Crippen MR) is 113 cm³/mol. The molecule has 10 N–H and O–H groups in total. The minimum atomic E-state index is -0.0415. The molecule has 0 saturated heterocycles. The smallest absolute Gasteiger partial charge is 0.128 e. The van der Waals surface area contributed by atoms with Gasteiger partial charge >= 0.3 is 0 Å². The average molecular weight is 400 g/mol. The molecule has 9 heteroatoms. The van der Waals surface area contributed by atoms with Crippen molar-refractivity contribution in [3.63, 3.8) is 0 Å². The van der Waals surface area contributed by atoms with E-state index in [-0.39, 0.29) is 24.8 Å². The monoisotopic (exact) mass is 400 g/mol. The van der Waals surface area contributed by atoms with Crippen LogP contribution in [0.25, 0.3) is 0 Å². The first kappa shape index (κ1) is 22.2. The standard InChI is InChI=1S/C20H28N6O3/c21-11-15-9-14(20(25)26)10-16(12-22)18(15)29-8-6-27-5-7-28-17-3-1-13(2-4-17)19(23)24/h1-4,9-10H,5-8,11-12,21-22H2,(H3,23,24)(H3,25,26). The molecule has 0 aromatic heterocycles. The van der Waals surface area contributed by atoms with Crippen LogP contribution in [0.3, 0.4) is 0 Å². The first-order valence-electron chi connectivity index (χ1n) is 9.14. The zero-order valence-corrected chi connectivity index (χ0v) is 16.2. The van der Waals surface area contributed by atoms with E-state index in [9.17, 15) is 0 Å². The molecule has 0 atom stereocenters. The van der Waals surface area contributed by atoms with Gasteiger partial charge in [0.15, 0.2) is 0 Å². The van der Waals surface area contributed by atoms with Crippen LogP contribution in [0.4, 0.5) is 0 Å². The van der Waals surface area contributed by atoms with Gasteiger partial charge in [-0.3, -0.25) is 10.8 Å². The summed E-state index contributed by atoms with van der Waals surface area (Å²) in [5, 5.41) is 14.9. The largest absolute Gasteiger partial charge is 0.491 e. The Labute approximate surface area is 169 Å². The van der Waals surface area contributed by atoms with Crippen LogP contribution in [0.5, 0.6) is 11.5 Å². The van der Waals surface area contributed by atoms with Crippen molar-refractivity contribution >= 4 is 11.7 Å². The quantitative estimate of drug-likeness (QED) is 0.172. The molecule has 2 aromatic carbocycles. The van der Waals surface area contributed by atoms with Gasteiger partial charge in [0.2, 0.25) is 0 Å². The van der Waals surface area contributed by atoms with Crippen molar-refractivity contribution in [1.82, 2.24) is 0 Å². The molecule has 0 radical (unpaired) electrons. The molecular weight excluding hydrogens is 372 g/mol. The van der Waals surface area contributed by atoms with Gasteiger partial charge in [-0.25, -0.2) is 0 Å². The Morgan fingerprint density at radius 3 is 1.72 bits per heavy atom. The first-order valence-corrected chi connectivity index (χ1v) is 9.14. The van der Waals surface area contributed by atoms with E-state index in [0.29, 0.717) is 49.1 Å². The molecule has 0 spiro atoms. The van der Waals surface area contributed by atoms with Crippen molar-refractivity contribution < 1.29 is 14.2 Å². The molecule has 156 valence electrons. The Morgan fingerprint density at radius 1 is 0.724 bits per heavy atom. The molecule has 0 saturated carbocycles. The SMILES string of the molecule is N=C(N)c1ccc(OCCOCCOc2c(CN)cc(C(=N)N)cc2CN)cc1. The molecule has 0 unspecified atom stereocenters. The molecule has 0 bridgehead atoms. The average Bonchev–Trinajstić information content (AvgIpc) is 2.72. The van der Waals surface area contributed by atoms with Crippen molar-refractivity contribution in [2.75, 3.05) is 26.4 Å². The number of hydrogen-bond acceptors (Lipinski definition) is 7. The van der Waals surface area contributed by atoms with Gasteiger partial charge in [0.05, 0.1) is 13.2 Å². The van der Waals surface area contributed by atoms with Crippen molar-refractivity contribution in [3.8, 4) is 11.5 Å². The third kappa shape index (κ3) is 6.46. The van der Waals surface area contributed by atoms with Crippen LogP contribution >= 0.6 is 0 Å². The second-order valence-electron chi connectivity index (χ2n) is 6.19. The van der Waals surface area contributed by atoms with Crippen LogP contribution in [0.2, 0.25) is 0 Å². The van der Waals surface area contributed by atoms with Crippen LogP contribution in [0.1, 0.15) is 22.3 Å². The molecule has 0 aliphatic carbocycles. The van der Waals surface area contributed by atoms with Crippen LogP contribution in [-0.2, 0) is 17.8 Å². The summed E-state index contributed by atoms with van der Waals surface area (Å²) in [4.78, 5) is 0. The molecule has 0 heterocycles. The van der Waals surface area contributed by atoms with Gasteiger partial charge in [-0.15, -0.1) is 0 Å². The molecular formula is C20H28N6O3. The summed E-state index contributed by atoms with van der Waals surface area (Å²) in [5.74, 6) is 1.28. The first-order chi connectivity index (χ1) is 14.0. The highest BCUT2D eigenvalue weighted by molar-refractivity contribution is 5.95. The fraction of sp³-hybridized carbons (Fsp3) is 0.300. The second kappa shape index (κ2) is 11.0. The van der Waals surface area contributed by atoms with Gasteiger partial charge in [-0.1, -0.05) is 0 Å². The van der Waals surface area contributed by atoms with E-state index >= 15 is 0 Å². The highest BCUT2D eigenvalue weighted by Gasteiger charge is 2.12. The maximum atomic E-state index is 7.58. The lowest BCUT2D eigenvalue weighted by Crippen LogP contribution is -2.17. The Balaban J connectivity index is 1.76. The van der Waals surface area contributed by atoms with E-state index in [0.717, 1.165) is 11.1 Å². The minimum Gasteiger partial charge on any atom is -0.491 e. The lowest BCUT2D eigenvalue weighted by atomic mass is 10.0. The highest BCUT2D eigenvalue weighted by atomic mass is 16.5. The summed E-state index contributed by atoms with van der Waals surface area (Å²) < 4.78 is 16.9. The van der Waals surface area contributed by atoms with E-state index in [4.69, 9.17) is 48.0 Å². The predicted octanol–water partition coefficient (Wildman–Crippen LogP) is 0.647. The lowest BCUT2D eigenvalue weighted by molar-refractivity contribution is 0.0760. The number of hydrogen-bond donors (Lipinski definition) is 6. The lowest BCUT2D eigenvalue weighted by Gasteiger charge is -2.16. The topological polar surface area (TPSA) is 179 Å².